The molecular weight excluding hydrogens is 346 g/mol. The van der Waals surface area contributed by atoms with Crippen molar-refractivity contribution in [2.75, 3.05) is 0 Å². The minimum atomic E-state index is -1.01. The molecule has 2 aromatic rings. The zero-order valence-corrected chi connectivity index (χ0v) is 12.8. The molecule has 0 bridgehead atoms. The Kier molecular flexibility index (Phi) is 4.46. The van der Waals surface area contributed by atoms with E-state index in [-0.39, 0.29) is 23.0 Å². The van der Waals surface area contributed by atoms with Gasteiger partial charge in [-0.3, -0.25) is 4.79 Å². The Hall–Kier alpha value is -1.80. The van der Waals surface area contributed by atoms with Gasteiger partial charge in [0.05, 0.1) is 12.2 Å². The minimum absolute atomic E-state index is 0.167. The van der Waals surface area contributed by atoms with Crippen LogP contribution in [0.5, 0.6) is 0 Å². The fourth-order valence-electron chi connectivity index (χ4n) is 1.52. The Labute approximate surface area is 127 Å². The van der Waals surface area contributed by atoms with Gasteiger partial charge in [-0.25, -0.2) is 14.8 Å². The van der Waals surface area contributed by atoms with Gasteiger partial charge in [-0.05, 0) is 35.0 Å². The first-order chi connectivity index (χ1) is 9.49. The van der Waals surface area contributed by atoms with Gasteiger partial charge in [0.1, 0.15) is 15.6 Å². The Morgan fingerprint density at radius 2 is 2.25 bits per heavy atom. The number of pyridine rings is 1. The van der Waals surface area contributed by atoms with E-state index in [9.17, 15) is 9.59 Å². The summed E-state index contributed by atoms with van der Waals surface area (Å²) in [4.78, 5) is 31.1. The lowest BCUT2D eigenvalue weighted by Crippen LogP contribution is -2.24. The number of rotatable bonds is 4. The van der Waals surface area contributed by atoms with Gasteiger partial charge in [-0.1, -0.05) is 0 Å². The molecule has 2 rings (SSSR count). The molecule has 0 saturated carbocycles. The largest absolute Gasteiger partial charge is 0.477 e. The standard InChI is InChI=1S/C12H10BrN3O3S/c1-6-10(12(18)19)20-8(16-6)5-15-11(17)9-7(13)3-2-4-14-9/h2-4H,5H2,1H3,(H,15,17)(H,18,19). The second kappa shape index (κ2) is 6.10. The predicted molar refractivity (Wildman–Crippen MR) is 76.9 cm³/mol. The van der Waals surface area contributed by atoms with Crippen molar-refractivity contribution in [2.24, 2.45) is 0 Å². The number of aromatic carboxylic acids is 1. The first kappa shape index (κ1) is 14.6. The number of hydrogen-bond acceptors (Lipinski definition) is 5. The molecule has 0 atom stereocenters. The molecule has 0 aromatic carbocycles. The van der Waals surface area contributed by atoms with Crippen molar-refractivity contribution in [1.29, 1.82) is 0 Å². The quantitative estimate of drug-likeness (QED) is 0.877. The van der Waals surface area contributed by atoms with Crippen molar-refractivity contribution < 1.29 is 14.7 Å². The van der Waals surface area contributed by atoms with Crippen LogP contribution in [0.1, 0.15) is 30.9 Å². The van der Waals surface area contributed by atoms with E-state index in [1.807, 2.05) is 0 Å². The summed E-state index contributed by atoms with van der Waals surface area (Å²) < 4.78 is 0.596. The lowest BCUT2D eigenvalue weighted by Gasteiger charge is -2.03. The molecular formula is C12H10BrN3O3S. The van der Waals surface area contributed by atoms with E-state index in [1.165, 1.54) is 6.20 Å². The first-order valence-corrected chi connectivity index (χ1v) is 7.18. The molecule has 2 aromatic heterocycles. The van der Waals surface area contributed by atoms with Gasteiger partial charge in [-0.2, -0.15) is 0 Å². The van der Waals surface area contributed by atoms with Crippen molar-refractivity contribution >= 4 is 39.1 Å². The van der Waals surface area contributed by atoms with E-state index in [4.69, 9.17) is 5.11 Å². The molecule has 0 radical (unpaired) electrons. The number of thiazole rings is 1. The summed E-state index contributed by atoms with van der Waals surface area (Å²) >= 11 is 4.30. The molecule has 2 heterocycles. The molecule has 0 unspecified atom stereocenters. The molecule has 8 heteroatoms. The Balaban J connectivity index is 2.06. The average molecular weight is 356 g/mol. The van der Waals surface area contributed by atoms with E-state index < -0.39 is 5.97 Å². The van der Waals surface area contributed by atoms with Gasteiger partial charge in [0.2, 0.25) is 0 Å². The topological polar surface area (TPSA) is 92.2 Å². The summed E-state index contributed by atoms with van der Waals surface area (Å²) in [6.45, 7) is 1.79. The Morgan fingerprint density at radius 1 is 1.50 bits per heavy atom. The Morgan fingerprint density at radius 3 is 2.85 bits per heavy atom. The van der Waals surface area contributed by atoms with Crippen molar-refractivity contribution in [1.82, 2.24) is 15.3 Å². The highest BCUT2D eigenvalue weighted by Crippen LogP contribution is 2.18. The van der Waals surface area contributed by atoms with Crippen LogP contribution in [0.4, 0.5) is 0 Å². The Bertz CT molecular complexity index is 672. The minimum Gasteiger partial charge on any atom is -0.477 e. The van der Waals surface area contributed by atoms with Gasteiger partial charge in [0.15, 0.2) is 0 Å². The predicted octanol–water partition coefficient (Wildman–Crippen LogP) is 2.24. The number of carbonyl (C=O) groups is 2. The fraction of sp³-hybridized carbons (Fsp3) is 0.167. The molecule has 0 spiro atoms. The van der Waals surface area contributed by atoms with Crippen LogP contribution in [0.15, 0.2) is 22.8 Å². The van der Waals surface area contributed by atoms with Crippen LogP contribution in [-0.2, 0) is 6.54 Å². The molecule has 104 valence electrons. The molecule has 1 amide bonds. The molecule has 0 aliphatic carbocycles. The summed E-state index contributed by atoms with van der Waals surface area (Å²) in [5.41, 5.74) is 0.727. The van der Waals surface area contributed by atoms with Crippen LogP contribution in [0.25, 0.3) is 0 Å². The van der Waals surface area contributed by atoms with Crippen LogP contribution in [0.2, 0.25) is 0 Å². The van der Waals surface area contributed by atoms with Crippen molar-refractivity contribution in [3.8, 4) is 0 Å². The van der Waals surface area contributed by atoms with E-state index in [0.717, 1.165) is 11.3 Å². The number of aromatic nitrogens is 2. The number of aryl methyl sites for hydroxylation is 1. The highest BCUT2D eigenvalue weighted by molar-refractivity contribution is 9.10. The summed E-state index contributed by atoms with van der Waals surface area (Å²) in [6.07, 6.45) is 1.52. The normalized spacial score (nSPS) is 10.3. The molecule has 6 nitrogen and oxygen atoms in total. The number of amides is 1. The summed E-state index contributed by atoms with van der Waals surface area (Å²) in [6, 6.07) is 3.43. The number of carboxylic acid groups (broad SMARTS) is 1. The van der Waals surface area contributed by atoms with Crippen molar-refractivity contribution in [3.63, 3.8) is 0 Å². The van der Waals surface area contributed by atoms with E-state index >= 15 is 0 Å². The molecule has 0 aliphatic heterocycles. The van der Waals surface area contributed by atoms with Crippen LogP contribution in [0, 0.1) is 6.92 Å². The molecule has 20 heavy (non-hydrogen) atoms. The molecule has 0 fully saturated rings. The summed E-state index contributed by atoms with van der Waals surface area (Å²) in [5.74, 6) is -1.35. The van der Waals surface area contributed by atoms with Crippen LogP contribution in [0.3, 0.4) is 0 Å². The van der Waals surface area contributed by atoms with Crippen LogP contribution >= 0.6 is 27.3 Å². The van der Waals surface area contributed by atoms with Gasteiger partial charge in [0.25, 0.3) is 5.91 Å². The number of nitrogens with zero attached hydrogens (tertiary/aromatic N) is 2. The number of nitrogens with one attached hydrogen (secondary N) is 1. The summed E-state index contributed by atoms with van der Waals surface area (Å²) in [5, 5.41) is 12.1. The number of carbonyl (C=O) groups excluding carboxylic acids is 1. The van der Waals surface area contributed by atoms with Crippen LogP contribution < -0.4 is 5.32 Å². The van der Waals surface area contributed by atoms with E-state index in [0.29, 0.717) is 15.2 Å². The van der Waals surface area contributed by atoms with Gasteiger partial charge >= 0.3 is 5.97 Å². The molecule has 0 saturated heterocycles. The third kappa shape index (κ3) is 3.20. The van der Waals surface area contributed by atoms with E-state index in [1.54, 1.807) is 19.1 Å². The second-order valence-corrected chi connectivity index (χ2v) is 5.78. The highest BCUT2D eigenvalue weighted by atomic mass is 79.9. The smallest absolute Gasteiger partial charge is 0.347 e. The SMILES string of the molecule is Cc1nc(CNC(=O)c2ncccc2Br)sc1C(=O)O. The maximum atomic E-state index is 11.9. The third-order valence-electron chi connectivity index (χ3n) is 2.41. The number of carboxylic acids is 1. The lowest BCUT2D eigenvalue weighted by molar-refractivity contribution is 0.0701. The van der Waals surface area contributed by atoms with Crippen LogP contribution in [-0.4, -0.2) is 27.0 Å². The van der Waals surface area contributed by atoms with Gasteiger partial charge in [-0.15, -0.1) is 11.3 Å². The molecule has 0 aliphatic rings. The monoisotopic (exact) mass is 355 g/mol. The first-order valence-electron chi connectivity index (χ1n) is 5.57. The highest BCUT2D eigenvalue weighted by Gasteiger charge is 2.15. The summed E-state index contributed by atoms with van der Waals surface area (Å²) in [7, 11) is 0. The van der Waals surface area contributed by atoms with E-state index in [2.05, 4.69) is 31.2 Å². The lowest BCUT2D eigenvalue weighted by atomic mass is 10.3. The maximum absolute atomic E-state index is 11.9. The zero-order chi connectivity index (χ0) is 14.7. The van der Waals surface area contributed by atoms with Gasteiger partial charge in [0, 0.05) is 10.7 Å². The van der Waals surface area contributed by atoms with Crippen molar-refractivity contribution in [3.05, 3.63) is 44.1 Å². The van der Waals surface area contributed by atoms with Gasteiger partial charge < -0.3 is 10.4 Å². The third-order valence-corrected chi connectivity index (χ3v) is 4.19. The fourth-order valence-corrected chi connectivity index (χ4v) is 2.80. The number of hydrogen-bond donors (Lipinski definition) is 2. The zero-order valence-electron chi connectivity index (χ0n) is 10.4. The molecule has 2 N–H and O–H groups in total. The maximum Gasteiger partial charge on any atom is 0.347 e. The number of halogens is 1. The average Bonchev–Trinajstić information content (AvgIpc) is 2.78. The van der Waals surface area contributed by atoms with Crippen molar-refractivity contribution in [2.45, 2.75) is 13.5 Å². The second-order valence-electron chi connectivity index (χ2n) is 3.84.